The van der Waals surface area contributed by atoms with Crippen LogP contribution in [0.4, 0.5) is 5.69 Å². The quantitative estimate of drug-likeness (QED) is 0.535. The number of ether oxygens (including phenoxy) is 1. The maximum atomic E-state index is 13.7. The molecular weight excluding hydrogens is 466 g/mol. The molecule has 0 radical (unpaired) electrons. The number of para-hydroxylation sites is 2. The lowest BCUT2D eigenvalue weighted by atomic mass is 10.1. The second kappa shape index (κ2) is 11.6. The van der Waals surface area contributed by atoms with Gasteiger partial charge in [0, 0.05) is 12.1 Å². The number of carbonyl (C=O) groups excluding carboxylic acids is 2. The Morgan fingerprint density at radius 3 is 2.23 bits per heavy atom. The SMILES string of the molecule is CCOc1ccccc1N(CC(=O)N(Cc1ccccc1C)[C@H](C)C(=O)NC(C)(C)C)S(C)(=O)=O. The van der Waals surface area contributed by atoms with Gasteiger partial charge >= 0.3 is 0 Å². The van der Waals surface area contributed by atoms with Gasteiger partial charge in [-0.25, -0.2) is 8.42 Å². The van der Waals surface area contributed by atoms with E-state index >= 15 is 0 Å². The first-order valence-corrected chi connectivity index (χ1v) is 13.4. The average molecular weight is 504 g/mol. The van der Waals surface area contributed by atoms with E-state index in [-0.39, 0.29) is 18.1 Å². The molecule has 0 aliphatic rings. The van der Waals surface area contributed by atoms with Crippen LogP contribution < -0.4 is 14.4 Å². The molecule has 0 spiro atoms. The molecule has 0 aromatic heterocycles. The minimum Gasteiger partial charge on any atom is -0.492 e. The van der Waals surface area contributed by atoms with Gasteiger partial charge in [0.15, 0.2) is 0 Å². The lowest BCUT2D eigenvalue weighted by molar-refractivity contribution is -0.140. The van der Waals surface area contributed by atoms with Crippen LogP contribution in [-0.4, -0.2) is 56.1 Å². The summed E-state index contributed by atoms with van der Waals surface area (Å²) < 4.78 is 32.2. The number of anilines is 1. The Labute approximate surface area is 209 Å². The molecule has 1 atom stereocenters. The monoisotopic (exact) mass is 503 g/mol. The standard InChI is InChI=1S/C26H37N3O5S/c1-8-34-23-16-12-11-15-22(23)29(35(7,32)33)18-24(30)28(17-21-14-10-9-13-19(21)2)20(3)25(31)27-26(4,5)6/h9-16,20H,8,17-18H2,1-7H3,(H,27,31)/t20-/m1/s1. The molecule has 35 heavy (non-hydrogen) atoms. The Hall–Kier alpha value is -3.07. The van der Waals surface area contributed by atoms with Crippen molar-refractivity contribution in [2.24, 2.45) is 0 Å². The molecule has 0 bridgehead atoms. The largest absolute Gasteiger partial charge is 0.492 e. The van der Waals surface area contributed by atoms with E-state index in [0.29, 0.717) is 12.4 Å². The number of amides is 2. The molecule has 0 saturated heterocycles. The Morgan fingerprint density at radius 1 is 1.06 bits per heavy atom. The van der Waals surface area contributed by atoms with E-state index in [2.05, 4.69) is 5.32 Å². The van der Waals surface area contributed by atoms with Gasteiger partial charge in [-0.1, -0.05) is 36.4 Å². The van der Waals surface area contributed by atoms with E-state index in [1.165, 1.54) is 4.90 Å². The van der Waals surface area contributed by atoms with Crippen molar-refractivity contribution in [2.75, 3.05) is 23.7 Å². The minimum atomic E-state index is -3.84. The molecule has 0 unspecified atom stereocenters. The molecule has 192 valence electrons. The first-order chi connectivity index (χ1) is 16.2. The predicted molar refractivity (Wildman–Crippen MR) is 139 cm³/mol. The first kappa shape index (κ1) is 28.2. The van der Waals surface area contributed by atoms with Crippen LogP contribution in [0.15, 0.2) is 48.5 Å². The van der Waals surface area contributed by atoms with Crippen LogP contribution in [0.3, 0.4) is 0 Å². The fraction of sp³-hybridized carbons (Fsp3) is 0.462. The fourth-order valence-electron chi connectivity index (χ4n) is 3.56. The maximum absolute atomic E-state index is 13.7. The van der Waals surface area contributed by atoms with Crippen molar-refractivity contribution in [3.8, 4) is 5.75 Å². The lowest BCUT2D eigenvalue weighted by Gasteiger charge is -2.33. The smallest absolute Gasteiger partial charge is 0.244 e. The Bertz CT molecular complexity index is 1140. The van der Waals surface area contributed by atoms with E-state index < -0.39 is 34.1 Å². The predicted octanol–water partition coefficient (Wildman–Crippen LogP) is 3.49. The summed E-state index contributed by atoms with van der Waals surface area (Å²) in [5, 5.41) is 2.91. The van der Waals surface area contributed by atoms with Crippen molar-refractivity contribution in [1.29, 1.82) is 0 Å². The summed E-state index contributed by atoms with van der Waals surface area (Å²) in [5.41, 5.74) is 1.62. The zero-order valence-corrected chi connectivity index (χ0v) is 22.5. The van der Waals surface area contributed by atoms with Crippen LogP contribution in [0.2, 0.25) is 0 Å². The Kier molecular flexibility index (Phi) is 9.31. The van der Waals surface area contributed by atoms with Gasteiger partial charge in [0.25, 0.3) is 0 Å². The van der Waals surface area contributed by atoms with E-state index in [4.69, 9.17) is 4.74 Å². The summed E-state index contributed by atoms with van der Waals surface area (Å²) in [5.74, 6) is -0.459. The molecule has 9 heteroatoms. The van der Waals surface area contributed by atoms with Crippen molar-refractivity contribution in [3.05, 3.63) is 59.7 Å². The molecule has 2 aromatic carbocycles. The molecule has 1 N–H and O–H groups in total. The topological polar surface area (TPSA) is 96.0 Å². The minimum absolute atomic E-state index is 0.162. The molecule has 2 rings (SSSR count). The molecule has 8 nitrogen and oxygen atoms in total. The number of benzene rings is 2. The fourth-order valence-corrected chi connectivity index (χ4v) is 4.42. The van der Waals surface area contributed by atoms with Gasteiger partial charge in [0.05, 0.1) is 18.6 Å². The van der Waals surface area contributed by atoms with Crippen LogP contribution in [-0.2, 0) is 26.2 Å². The van der Waals surface area contributed by atoms with Gasteiger partial charge in [-0.2, -0.15) is 0 Å². The van der Waals surface area contributed by atoms with Crippen molar-refractivity contribution >= 4 is 27.5 Å². The number of rotatable bonds is 10. The number of nitrogens with one attached hydrogen (secondary N) is 1. The summed E-state index contributed by atoms with van der Waals surface area (Å²) in [4.78, 5) is 28.1. The van der Waals surface area contributed by atoms with Crippen LogP contribution in [0, 0.1) is 6.92 Å². The Balaban J connectivity index is 2.47. The third-order valence-electron chi connectivity index (χ3n) is 5.38. The van der Waals surface area contributed by atoms with Gasteiger partial charge in [-0.15, -0.1) is 0 Å². The third kappa shape index (κ3) is 7.99. The summed E-state index contributed by atoms with van der Waals surface area (Å²) >= 11 is 0. The highest BCUT2D eigenvalue weighted by atomic mass is 32.2. The highest BCUT2D eigenvalue weighted by Crippen LogP contribution is 2.30. The summed E-state index contributed by atoms with van der Waals surface area (Å²) in [6, 6.07) is 13.4. The summed E-state index contributed by atoms with van der Waals surface area (Å²) in [6.45, 7) is 11.0. The van der Waals surface area contributed by atoms with Crippen molar-refractivity contribution in [2.45, 2.75) is 59.7 Å². The third-order valence-corrected chi connectivity index (χ3v) is 6.51. The second-order valence-corrected chi connectivity index (χ2v) is 11.4. The molecule has 0 saturated carbocycles. The highest BCUT2D eigenvalue weighted by Gasteiger charge is 2.32. The normalized spacial score (nSPS) is 12.5. The molecule has 0 heterocycles. The number of sulfonamides is 1. The highest BCUT2D eigenvalue weighted by molar-refractivity contribution is 7.92. The first-order valence-electron chi connectivity index (χ1n) is 11.6. The zero-order valence-electron chi connectivity index (χ0n) is 21.7. The molecule has 0 aliphatic carbocycles. The van der Waals surface area contributed by atoms with Crippen LogP contribution in [0.25, 0.3) is 0 Å². The van der Waals surface area contributed by atoms with E-state index in [9.17, 15) is 18.0 Å². The number of hydrogen-bond acceptors (Lipinski definition) is 5. The van der Waals surface area contributed by atoms with E-state index in [1.54, 1.807) is 38.1 Å². The van der Waals surface area contributed by atoms with Crippen molar-refractivity contribution in [3.63, 3.8) is 0 Å². The lowest BCUT2D eigenvalue weighted by Crippen LogP contribution is -2.54. The maximum Gasteiger partial charge on any atom is 0.244 e. The van der Waals surface area contributed by atoms with Crippen LogP contribution in [0.5, 0.6) is 5.75 Å². The summed E-state index contributed by atoms with van der Waals surface area (Å²) in [6.07, 6.45) is 1.05. The van der Waals surface area contributed by atoms with E-state index in [1.807, 2.05) is 52.0 Å². The zero-order chi connectivity index (χ0) is 26.4. The molecule has 0 fully saturated rings. The van der Waals surface area contributed by atoms with Crippen molar-refractivity contribution < 1.29 is 22.7 Å². The van der Waals surface area contributed by atoms with E-state index in [0.717, 1.165) is 21.7 Å². The molecule has 0 aliphatic heterocycles. The summed E-state index contributed by atoms with van der Waals surface area (Å²) in [7, 11) is -3.84. The van der Waals surface area contributed by atoms with Gasteiger partial charge in [0.1, 0.15) is 18.3 Å². The van der Waals surface area contributed by atoms with Gasteiger partial charge < -0.3 is 15.0 Å². The number of hydrogen-bond donors (Lipinski definition) is 1. The number of carbonyl (C=O) groups is 2. The van der Waals surface area contributed by atoms with Crippen LogP contribution in [0.1, 0.15) is 45.7 Å². The number of aryl methyl sites for hydroxylation is 1. The second-order valence-electron chi connectivity index (χ2n) is 9.53. The molecule has 2 amide bonds. The number of nitrogens with zero attached hydrogens (tertiary/aromatic N) is 2. The van der Waals surface area contributed by atoms with Gasteiger partial charge in [0.2, 0.25) is 21.8 Å². The average Bonchev–Trinajstić information content (AvgIpc) is 2.75. The molecule has 2 aromatic rings. The van der Waals surface area contributed by atoms with Crippen LogP contribution >= 0.6 is 0 Å². The Morgan fingerprint density at radius 2 is 1.66 bits per heavy atom. The van der Waals surface area contributed by atoms with Gasteiger partial charge in [-0.05, 0) is 64.8 Å². The van der Waals surface area contributed by atoms with Crippen molar-refractivity contribution in [1.82, 2.24) is 10.2 Å². The van der Waals surface area contributed by atoms with Gasteiger partial charge in [-0.3, -0.25) is 13.9 Å². The molecular formula is C26H37N3O5S.